The van der Waals surface area contributed by atoms with E-state index in [-0.39, 0.29) is 57.8 Å². The number of nitrogens with zero attached hydrogens (tertiary/aromatic N) is 2. The number of ether oxygens (including phenoxy) is 5. The molecule has 2 spiro atoms. The SMILES string of the molecule is CC(=O)O[C@@H]([C@H]1C[C@@H](C)[C@H]2[C@H](O1)C(=O)[C@@]1(C)[C@@H]3CC[C@H]4C(C)(C)[C@@H](O[C@H]5CN(CC6CN(C(=O)OC(C)(C)C)C6)CCO5)CC[C@@]45C[C@@]35CC[C@]21C)C(C)(C)O. The Labute approximate surface area is 335 Å². The van der Waals surface area contributed by atoms with Crippen molar-refractivity contribution in [1.82, 2.24) is 9.80 Å². The topological polar surface area (TPSA) is 124 Å². The van der Waals surface area contributed by atoms with E-state index in [1.165, 1.54) is 19.8 Å². The second-order valence-electron chi connectivity index (χ2n) is 22.5. The maximum Gasteiger partial charge on any atom is 0.410 e. The summed E-state index contributed by atoms with van der Waals surface area (Å²) in [5.74, 6) is 1.37. The molecule has 3 aliphatic heterocycles. The first-order valence-corrected chi connectivity index (χ1v) is 22.0. The van der Waals surface area contributed by atoms with E-state index in [0.29, 0.717) is 30.8 Å². The summed E-state index contributed by atoms with van der Waals surface area (Å²) in [5, 5.41) is 11.1. The predicted octanol–water partition coefficient (Wildman–Crippen LogP) is 6.62. The van der Waals surface area contributed by atoms with Gasteiger partial charge in [0, 0.05) is 56.9 Å². The number of fused-ring (bicyclic) bond motifs is 4. The van der Waals surface area contributed by atoms with Gasteiger partial charge in [0.05, 0.1) is 24.4 Å². The fourth-order valence-corrected chi connectivity index (χ4v) is 14.9. The number of likely N-dealkylation sites (tertiary alicyclic amines) is 1. The molecule has 316 valence electrons. The van der Waals surface area contributed by atoms with Crippen molar-refractivity contribution in [2.24, 2.45) is 56.7 Å². The molecule has 0 radical (unpaired) electrons. The number of ketones is 1. The lowest BCUT2D eigenvalue weighted by atomic mass is 9.41. The van der Waals surface area contributed by atoms with Crippen molar-refractivity contribution in [3.63, 3.8) is 0 Å². The number of amides is 1. The van der Waals surface area contributed by atoms with E-state index in [4.69, 9.17) is 23.7 Å². The molecule has 8 fully saturated rings. The Hall–Kier alpha value is -1.79. The molecule has 3 saturated heterocycles. The summed E-state index contributed by atoms with van der Waals surface area (Å²) in [6.07, 6.45) is 6.06. The molecule has 1 N–H and O–H groups in total. The van der Waals surface area contributed by atoms with Crippen molar-refractivity contribution < 1.29 is 43.2 Å². The molecule has 56 heavy (non-hydrogen) atoms. The van der Waals surface area contributed by atoms with Crippen LogP contribution in [0.1, 0.15) is 128 Å². The molecule has 0 bridgehead atoms. The summed E-state index contributed by atoms with van der Waals surface area (Å²) in [6.45, 7) is 26.9. The Kier molecular flexibility index (Phi) is 9.77. The van der Waals surface area contributed by atoms with Crippen LogP contribution in [0.5, 0.6) is 0 Å². The van der Waals surface area contributed by atoms with Crippen LogP contribution in [0.3, 0.4) is 0 Å². The summed E-state index contributed by atoms with van der Waals surface area (Å²) < 4.78 is 31.3. The molecule has 0 aromatic heterocycles. The largest absolute Gasteiger partial charge is 0.457 e. The van der Waals surface area contributed by atoms with Gasteiger partial charge in [-0.2, -0.15) is 0 Å². The van der Waals surface area contributed by atoms with E-state index in [1.54, 1.807) is 18.7 Å². The van der Waals surface area contributed by atoms with Gasteiger partial charge in [-0.3, -0.25) is 14.5 Å². The monoisotopic (exact) mass is 785 g/mol. The van der Waals surface area contributed by atoms with Gasteiger partial charge in [0.1, 0.15) is 11.7 Å². The van der Waals surface area contributed by atoms with Crippen LogP contribution >= 0.6 is 0 Å². The van der Waals surface area contributed by atoms with Crippen LogP contribution in [-0.2, 0) is 33.3 Å². The Morgan fingerprint density at radius 2 is 1.64 bits per heavy atom. The second kappa shape index (κ2) is 13.4. The fraction of sp³-hybridized carbons (Fsp3) is 0.933. The van der Waals surface area contributed by atoms with Crippen LogP contribution in [-0.4, -0.2) is 114 Å². The van der Waals surface area contributed by atoms with Crippen molar-refractivity contribution in [2.45, 2.75) is 169 Å². The van der Waals surface area contributed by atoms with Gasteiger partial charge in [0.15, 0.2) is 18.2 Å². The van der Waals surface area contributed by atoms with Gasteiger partial charge in [-0.05, 0) is 125 Å². The number of hydrogen-bond donors (Lipinski definition) is 1. The molecule has 13 atom stereocenters. The molecule has 0 aromatic carbocycles. The molecule has 0 aromatic rings. The highest BCUT2D eigenvalue weighted by molar-refractivity contribution is 5.93. The number of rotatable bonds is 7. The van der Waals surface area contributed by atoms with Gasteiger partial charge in [-0.1, -0.05) is 34.6 Å². The van der Waals surface area contributed by atoms with Crippen LogP contribution in [0.15, 0.2) is 0 Å². The molecule has 11 nitrogen and oxygen atoms in total. The third-order valence-corrected chi connectivity index (χ3v) is 17.4. The lowest BCUT2D eigenvalue weighted by Crippen LogP contribution is -2.60. The minimum absolute atomic E-state index is 0.0246. The molecule has 5 aliphatic carbocycles. The third-order valence-electron chi connectivity index (χ3n) is 17.4. The summed E-state index contributed by atoms with van der Waals surface area (Å²) in [6, 6.07) is 0. The van der Waals surface area contributed by atoms with Gasteiger partial charge >= 0.3 is 12.1 Å². The first-order chi connectivity index (χ1) is 26.0. The lowest BCUT2D eigenvalue weighted by molar-refractivity contribution is -0.248. The quantitative estimate of drug-likeness (QED) is 0.282. The summed E-state index contributed by atoms with van der Waals surface area (Å²) in [4.78, 5) is 44.0. The maximum absolute atomic E-state index is 15.1. The Morgan fingerprint density at radius 1 is 0.964 bits per heavy atom. The number of carbonyl (C=O) groups excluding carboxylic acids is 3. The first-order valence-electron chi connectivity index (χ1n) is 22.0. The molecular formula is C45H72N2O9. The normalized spacial score (nSPS) is 45.3. The smallest absolute Gasteiger partial charge is 0.410 e. The summed E-state index contributed by atoms with van der Waals surface area (Å²) in [7, 11) is 0. The fourth-order valence-electron chi connectivity index (χ4n) is 14.9. The zero-order valence-electron chi connectivity index (χ0n) is 36.3. The zero-order valence-corrected chi connectivity index (χ0v) is 36.3. The van der Waals surface area contributed by atoms with E-state index in [1.807, 2.05) is 20.8 Å². The molecule has 5 saturated carbocycles. The number of morpholine rings is 1. The van der Waals surface area contributed by atoms with Crippen molar-refractivity contribution in [3.8, 4) is 0 Å². The van der Waals surface area contributed by atoms with Gasteiger partial charge in [-0.15, -0.1) is 0 Å². The summed E-state index contributed by atoms with van der Waals surface area (Å²) in [5.41, 5.74) is -2.07. The van der Waals surface area contributed by atoms with Crippen molar-refractivity contribution in [3.05, 3.63) is 0 Å². The van der Waals surface area contributed by atoms with E-state index in [9.17, 15) is 14.7 Å². The first kappa shape index (κ1) is 41.0. The van der Waals surface area contributed by atoms with Crippen LogP contribution in [0.2, 0.25) is 0 Å². The van der Waals surface area contributed by atoms with Gasteiger partial charge in [-0.25, -0.2) is 4.79 Å². The Bertz CT molecular complexity index is 1580. The van der Waals surface area contributed by atoms with Gasteiger partial charge in [0.2, 0.25) is 0 Å². The highest BCUT2D eigenvalue weighted by Gasteiger charge is 2.85. The van der Waals surface area contributed by atoms with Gasteiger partial charge < -0.3 is 33.7 Å². The van der Waals surface area contributed by atoms with Gasteiger partial charge in [0.25, 0.3) is 0 Å². The maximum atomic E-state index is 15.1. The molecule has 8 rings (SSSR count). The predicted molar refractivity (Wildman–Crippen MR) is 209 cm³/mol. The molecule has 11 heteroatoms. The number of hydrogen-bond acceptors (Lipinski definition) is 10. The number of Topliss-reactive ketones (excluding diaryl/α,β-unsaturated/α-hetero) is 1. The molecule has 1 amide bonds. The number of aliphatic hydroxyl groups is 1. The minimum Gasteiger partial charge on any atom is -0.457 e. The number of carbonyl (C=O) groups is 3. The minimum atomic E-state index is -1.30. The Balaban J connectivity index is 0.934. The zero-order chi connectivity index (χ0) is 40.6. The molecule has 3 heterocycles. The molecular weight excluding hydrogens is 712 g/mol. The van der Waals surface area contributed by atoms with E-state index in [2.05, 4.69) is 39.5 Å². The van der Waals surface area contributed by atoms with Crippen molar-refractivity contribution >= 4 is 17.8 Å². The third kappa shape index (κ3) is 6.15. The van der Waals surface area contributed by atoms with Crippen molar-refractivity contribution in [1.29, 1.82) is 0 Å². The average molecular weight is 785 g/mol. The van der Waals surface area contributed by atoms with Crippen LogP contribution < -0.4 is 0 Å². The van der Waals surface area contributed by atoms with E-state index >= 15 is 4.79 Å². The highest BCUT2D eigenvalue weighted by Crippen LogP contribution is 2.89. The van der Waals surface area contributed by atoms with E-state index < -0.39 is 40.9 Å². The van der Waals surface area contributed by atoms with Crippen LogP contribution in [0.25, 0.3) is 0 Å². The van der Waals surface area contributed by atoms with E-state index in [0.717, 1.165) is 64.8 Å². The number of esters is 1. The molecule has 8 aliphatic rings. The second-order valence-corrected chi connectivity index (χ2v) is 22.5. The van der Waals surface area contributed by atoms with Crippen LogP contribution in [0.4, 0.5) is 4.79 Å². The summed E-state index contributed by atoms with van der Waals surface area (Å²) >= 11 is 0. The van der Waals surface area contributed by atoms with Crippen LogP contribution in [0, 0.1) is 56.7 Å². The van der Waals surface area contributed by atoms with Crippen molar-refractivity contribution in [2.75, 3.05) is 39.3 Å². The Morgan fingerprint density at radius 3 is 2.30 bits per heavy atom. The average Bonchev–Trinajstić information content (AvgIpc) is 3.70. The standard InChI is InChI=1S/C45H72N2O9/c1-26-20-29(37(41(8,9)51)53-27(2)48)54-35-34(26)42(10)16-17-45-25-44(45)15-14-32(40(6,7)30(44)12-13-31(45)43(42,11)36(35)49)55-33-24-46(18-19-52-33)21-28-22-47(23-28)38(50)56-39(3,4)5/h26,28-35,37,51H,12-25H2,1-11H3/t26-,29-,30+,31+,32+,33+,34+,35+,37+,42-,43-,44-,45+/m1/s1. The lowest BCUT2D eigenvalue weighted by Gasteiger charge is -2.62. The molecule has 0 unspecified atom stereocenters. The highest BCUT2D eigenvalue weighted by atomic mass is 16.7.